The van der Waals surface area contributed by atoms with Crippen molar-refractivity contribution in [3.8, 4) is 0 Å². The van der Waals surface area contributed by atoms with Crippen molar-refractivity contribution in [2.75, 3.05) is 0 Å². The highest BCUT2D eigenvalue weighted by Gasteiger charge is 2.44. The van der Waals surface area contributed by atoms with Crippen LogP contribution in [-0.4, -0.2) is 14.3 Å². The Balaban J connectivity index is 3.03. The molecule has 0 radical (unpaired) electrons. The Morgan fingerprint density at radius 1 is 1.18 bits per heavy atom. The minimum Gasteiger partial charge on any atom is -0.323 e. The van der Waals surface area contributed by atoms with Crippen LogP contribution in [0.2, 0.25) is 0 Å². The second kappa shape index (κ2) is 5.57. The van der Waals surface area contributed by atoms with Gasteiger partial charge in [-0.1, -0.05) is 31.5 Å². The molecule has 5 heteroatoms. The van der Waals surface area contributed by atoms with Crippen molar-refractivity contribution in [3.63, 3.8) is 0 Å². The molecule has 0 fully saturated rings. The highest BCUT2D eigenvalue weighted by atomic mass is 32.2. The van der Waals surface area contributed by atoms with E-state index in [1.54, 1.807) is 0 Å². The lowest BCUT2D eigenvalue weighted by molar-refractivity contribution is 0.346. The largest absolute Gasteiger partial charge is 0.341 e. The van der Waals surface area contributed by atoms with Gasteiger partial charge in [-0.05, 0) is 31.9 Å². The Bertz CT molecular complexity index is 406. The summed E-state index contributed by atoms with van der Waals surface area (Å²) in [4.78, 5) is 20.0. The van der Waals surface area contributed by atoms with Crippen molar-refractivity contribution in [1.82, 2.24) is 0 Å². The predicted molar refractivity (Wildman–Crippen MR) is 72.4 cm³/mol. The zero-order chi connectivity index (χ0) is 13.1. The van der Waals surface area contributed by atoms with E-state index in [1.807, 2.05) is 45.0 Å². The lowest BCUT2D eigenvalue weighted by atomic mass is 10.2. The van der Waals surface area contributed by atoms with Crippen LogP contribution in [0.4, 0.5) is 0 Å². The van der Waals surface area contributed by atoms with Crippen LogP contribution in [0.3, 0.4) is 0 Å². The molecular formula is C12H19O3PS. The molecule has 0 atom stereocenters. The predicted octanol–water partition coefficient (Wildman–Crippen LogP) is 3.78. The summed E-state index contributed by atoms with van der Waals surface area (Å²) in [5, 5.41) is 0. The zero-order valence-electron chi connectivity index (χ0n) is 10.4. The van der Waals surface area contributed by atoms with E-state index in [4.69, 9.17) is 0 Å². The molecule has 0 aliphatic heterocycles. The topological polar surface area (TPSA) is 57.5 Å². The summed E-state index contributed by atoms with van der Waals surface area (Å²) in [7, 11) is -4.12. The Hall–Kier alpha value is -0.280. The first-order valence-corrected chi connectivity index (χ1v) is 8.09. The average Bonchev–Trinajstić information content (AvgIpc) is 2.27. The third-order valence-corrected chi connectivity index (χ3v) is 7.11. The van der Waals surface area contributed by atoms with Gasteiger partial charge in [-0.3, -0.25) is 4.57 Å². The molecule has 0 saturated carbocycles. The molecule has 0 heterocycles. The van der Waals surface area contributed by atoms with Crippen molar-refractivity contribution < 1.29 is 14.4 Å². The molecule has 96 valence electrons. The number of aryl methyl sites for hydroxylation is 1. The number of benzene rings is 1. The quantitative estimate of drug-likeness (QED) is 0.633. The summed E-state index contributed by atoms with van der Waals surface area (Å²) < 4.78 is 10.7. The molecule has 0 unspecified atom stereocenters. The van der Waals surface area contributed by atoms with Gasteiger partial charge >= 0.3 is 7.60 Å². The molecule has 1 aromatic carbocycles. The molecule has 2 N–H and O–H groups in total. The van der Waals surface area contributed by atoms with Gasteiger partial charge in [0.2, 0.25) is 0 Å². The molecular weight excluding hydrogens is 255 g/mol. The maximum absolute atomic E-state index is 11.7. The first kappa shape index (κ1) is 14.8. The van der Waals surface area contributed by atoms with Crippen molar-refractivity contribution in [2.24, 2.45) is 0 Å². The third-order valence-electron chi connectivity index (χ3n) is 2.96. The fraction of sp³-hybridized carbons (Fsp3) is 0.500. The summed E-state index contributed by atoms with van der Waals surface area (Å²) >= 11 is 1.29. The van der Waals surface area contributed by atoms with E-state index in [0.717, 1.165) is 10.5 Å². The van der Waals surface area contributed by atoms with Crippen LogP contribution in [0, 0.1) is 6.92 Å². The summed E-state index contributed by atoms with van der Waals surface area (Å²) in [5.41, 5.74) is 1.14. The van der Waals surface area contributed by atoms with E-state index in [1.165, 1.54) is 11.8 Å². The molecule has 0 bridgehead atoms. The highest BCUT2D eigenvalue weighted by Crippen LogP contribution is 2.62. The first-order valence-electron chi connectivity index (χ1n) is 5.66. The summed E-state index contributed by atoms with van der Waals surface area (Å²) in [6.07, 6.45) is 0.901. The van der Waals surface area contributed by atoms with Crippen LogP contribution >= 0.6 is 19.4 Å². The Morgan fingerprint density at radius 3 is 2.00 bits per heavy atom. The molecule has 0 spiro atoms. The van der Waals surface area contributed by atoms with Crippen molar-refractivity contribution in [1.29, 1.82) is 0 Å². The zero-order valence-corrected chi connectivity index (χ0v) is 12.1. The van der Waals surface area contributed by atoms with Gasteiger partial charge in [0.15, 0.2) is 0 Å². The normalized spacial score (nSPS) is 12.8. The lowest BCUT2D eigenvalue weighted by Crippen LogP contribution is -2.22. The van der Waals surface area contributed by atoms with Crippen LogP contribution in [0.1, 0.15) is 32.3 Å². The molecule has 0 saturated heterocycles. The Labute approximate surface area is 107 Å². The molecule has 0 aromatic heterocycles. The van der Waals surface area contributed by atoms with E-state index < -0.39 is 12.1 Å². The highest BCUT2D eigenvalue weighted by molar-refractivity contribution is 8.06. The third kappa shape index (κ3) is 3.35. The van der Waals surface area contributed by atoms with E-state index in [9.17, 15) is 14.4 Å². The van der Waals surface area contributed by atoms with E-state index in [-0.39, 0.29) is 0 Å². The second-order valence-electron chi connectivity index (χ2n) is 4.11. The fourth-order valence-corrected chi connectivity index (χ4v) is 4.31. The molecule has 0 aliphatic rings. The van der Waals surface area contributed by atoms with E-state index in [0.29, 0.717) is 12.8 Å². The molecule has 0 aliphatic carbocycles. The monoisotopic (exact) mass is 274 g/mol. The van der Waals surface area contributed by atoms with E-state index >= 15 is 0 Å². The van der Waals surface area contributed by atoms with Crippen molar-refractivity contribution in [2.45, 2.75) is 43.0 Å². The van der Waals surface area contributed by atoms with Gasteiger partial charge in [-0.2, -0.15) is 0 Å². The second-order valence-corrected chi connectivity index (χ2v) is 7.82. The SMILES string of the molecule is CCC(CC)(Sc1ccc(C)cc1)P(=O)(O)O. The fourth-order valence-electron chi connectivity index (χ4n) is 1.69. The molecule has 3 nitrogen and oxygen atoms in total. The maximum Gasteiger partial charge on any atom is 0.341 e. The number of hydrogen-bond acceptors (Lipinski definition) is 2. The van der Waals surface area contributed by atoms with Gasteiger partial charge in [0, 0.05) is 4.90 Å². The maximum atomic E-state index is 11.7. The van der Waals surface area contributed by atoms with Gasteiger partial charge < -0.3 is 9.79 Å². The molecule has 1 rings (SSSR count). The molecule has 0 amide bonds. The van der Waals surface area contributed by atoms with Gasteiger partial charge in [-0.15, -0.1) is 11.8 Å². The van der Waals surface area contributed by atoms with Crippen LogP contribution in [0.5, 0.6) is 0 Å². The first-order chi connectivity index (χ1) is 7.84. The average molecular weight is 274 g/mol. The summed E-state index contributed by atoms with van der Waals surface area (Å²) in [5.74, 6) is 0. The smallest absolute Gasteiger partial charge is 0.323 e. The van der Waals surface area contributed by atoms with Gasteiger partial charge in [0.25, 0.3) is 0 Å². The Morgan fingerprint density at radius 2 is 1.65 bits per heavy atom. The lowest BCUT2D eigenvalue weighted by Gasteiger charge is -2.31. The van der Waals surface area contributed by atoms with E-state index in [2.05, 4.69) is 0 Å². The van der Waals surface area contributed by atoms with Gasteiger partial charge in [0.1, 0.15) is 4.49 Å². The van der Waals surface area contributed by atoms with Crippen molar-refractivity contribution >= 4 is 19.4 Å². The number of rotatable bonds is 5. The Kier molecular flexibility index (Phi) is 4.85. The van der Waals surface area contributed by atoms with Crippen LogP contribution in [0.25, 0.3) is 0 Å². The summed E-state index contributed by atoms with van der Waals surface area (Å²) in [6, 6.07) is 7.74. The van der Waals surface area contributed by atoms with Crippen molar-refractivity contribution in [3.05, 3.63) is 29.8 Å². The van der Waals surface area contributed by atoms with Crippen LogP contribution in [-0.2, 0) is 4.57 Å². The van der Waals surface area contributed by atoms with Crippen LogP contribution < -0.4 is 0 Å². The molecule has 17 heavy (non-hydrogen) atoms. The standard InChI is InChI=1S/C12H19O3PS/c1-4-12(5-2,16(13,14)15)17-11-8-6-10(3)7-9-11/h6-9H,4-5H2,1-3H3,(H2,13,14,15). The minimum absolute atomic E-state index is 0.451. The van der Waals surface area contributed by atoms with Gasteiger partial charge in [0.05, 0.1) is 0 Å². The minimum atomic E-state index is -4.12. The van der Waals surface area contributed by atoms with Gasteiger partial charge in [-0.25, -0.2) is 0 Å². The number of hydrogen-bond donors (Lipinski definition) is 2. The summed E-state index contributed by atoms with van der Waals surface area (Å²) in [6.45, 7) is 5.64. The number of thioether (sulfide) groups is 1. The van der Waals surface area contributed by atoms with Crippen LogP contribution in [0.15, 0.2) is 29.2 Å². The molecule has 1 aromatic rings.